The molecule has 1 aliphatic heterocycles. The highest BCUT2D eigenvalue weighted by Crippen LogP contribution is 2.21. The van der Waals surface area contributed by atoms with Gasteiger partial charge in [-0.05, 0) is 31.3 Å². The van der Waals surface area contributed by atoms with Gasteiger partial charge in [-0.3, -0.25) is 4.79 Å². The maximum absolute atomic E-state index is 14.6. The second kappa shape index (κ2) is 6.25. The number of rotatable bonds is 2. The van der Waals surface area contributed by atoms with Crippen LogP contribution in [0, 0.1) is 5.82 Å². The number of imidazole rings is 1. The first-order valence-corrected chi connectivity index (χ1v) is 8.20. The Morgan fingerprint density at radius 1 is 1.12 bits per heavy atom. The van der Waals surface area contributed by atoms with Crippen molar-refractivity contribution in [1.29, 1.82) is 0 Å². The van der Waals surface area contributed by atoms with Crippen molar-refractivity contribution < 1.29 is 9.18 Å². The summed E-state index contributed by atoms with van der Waals surface area (Å²) in [6, 6.07) is 8.26. The molecule has 6 nitrogen and oxygen atoms in total. The predicted molar refractivity (Wildman–Crippen MR) is 91.8 cm³/mol. The quantitative estimate of drug-likeness (QED) is 0.716. The molecule has 0 spiro atoms. The zero-order chi connectivity index (χ0) is 17.4. The number of amides is 1. The van der Waals surface area contributed by atoms with E-state index in [0.29, 0.717) is 24.3 Å². The molecule has 1 amide bonds. The van der Waals surface area contributed by atoms with Crippen molar-refractivity contribution in [3.05, 3.63) is 54.1 Å². The minimum absolute atomic E-state index is 0.108. The van der Waals surface area contributed by atoms with Crippen molar-refractivity contribution in [2.75, 3.05) is 33.2 Å². The Hall–Kier alpha value is -2.80. The van der Waals surface area contributed by atoms with Crippen molar-refractivity contribution in [3.63, 3.8) is 0 Å². The molecule has 2 aromatic heterocycles. The lowest BCUT2D eigenvalue weighted by molar-refractivity contribution is 0.0659. The van der Waals surface area contributed by atoms with Crippen LogP contribution in [0.5, 0.6) is 0 Å². The van der Waals surface area contributed by atoms with Gasteiger partial charge in [0.15, 0.2) is 5.65 Å². The number of nitrogens with zero attached hydrogens (tertiary/aromatic N) is 5. The molecule has 7 heteroatoms. The smallest absolute Gasteiger partial charge is 0.256 e. The van der Waals surface area contributed by atoms with Crippen LogP contribution in [0.25, 0.3) is 16.9 Å². The van der Waals surface area contributed by atoms with Gasteiger partial charge in [-0.2, -0.15) is 5.10 Å². The average Bonchev–Trinajstić information content (AvgIpc) is 3.09. The fraction of sp³-hybridized carbons (Fsp3) is 0.278. The highest BCUT2D eigenvalue weighted by Gasteiger charge is 2.23. The van der Waals surface area contributed by atoms with Gasteiger partial charge in [0.2, 0.25) is 0 Å². The summed E-state index contributed by atoms with van der Waals surface area (Å²) in [7, 11) is 2.02. The highest BCUT2D eigenvalue weighted by atomic mass is 19.1. The third-order valence-corrected chi connectivity index (χ3v) is 4.54. The van der Waals surface area contributed by atoms with E-state index in [4.69, 9.17) is 0 Å². The Balaban J connectivity index is 1.61. The van der Waals surface area contributed by atoms with E-state index in [1.165, 1.54) is 6.07 Å². The molecule has 0 aliphatic carbocycles. The number of carbonyl (C=O) groups is 1. The van der Waals surface area contributed by atoms with Crippen LogP contribution in [-0.2, 0) is 0 Å². The van der Waals surface area contributed by atoms with Crippen molar-refractivity contribution >= 4 is 11.6 Å². The number of halogens is 1. The normalized spacial score (nSPS) is 15.7. The van der Waals surface area contributed by atoms with E-state index >= 15 is 0 Å². The van der Waals surface area contributed by atoms with Gasteiger partial charge in [0, 0.05) is 44.1 Å². The van der Waals surface area contributed by atoms with Crippen LogP contribution in [0.2, 0.25) is 0 Å². The fourth-order valence-electron chi connectivity index (χ4n) is 3.00. The van der Waals surface area contributed by atoms with Crippen LogP contribution in [0.1, 0.15) is 10.4 Å². The maximum atomic E-state index is 14.6. The topological polar surface area (TPSA) is 53.7 Å². The van der Waals surface area contributed by atoms with Crippen molar-refractivity contribution in [2.24, 2.45) is 0 Å². The first-order chi connectivity index (χ1) is 12.1. The molecule has 3 heterocycles. The number of hydrogen-bond acceptors (Lipinski definition) is 4. The van der Waals surface area contributed by atoms with Crippen LogP contribution in [0.4, 0.5) is 4.39 Å². The number of hydrogen-bond donors (Lipinski definition) is 0. The van der Waals surface area contributed by atoms with Crippen molar-refractivity contribution in [1.82, 2.24) is 24.4 Å². The lowest BCUT2D eigenvalue weighted by atomic mass is 10.1. The van der Waals surface area contributed by atoms with Crippen LogP contribution < -0.4 is 0 Å². The highest BCUT2D eigenvalue weighted by molar-refractivity contribution is 5.95. The number of fused-ring (bicyclic) bond motifs is 1. The molecule has 1 saturated heterocycles. The third-order valence-electron chi connectivity index (χ3n) is 4.54. The SMILES string of the molecule is CN1CCN(C(=O)c2ccc(-c3ccc4nccn4n3)cc2F)CC1. The molecule has 0 unspecified atom stereocenters. The van der Waals surface area contributed by atoms with Crippen LogP contribution in [0.15, 0.2) is 42.7 Å². The molecule has 3 aromatic rings. The zero-order valence-corrected chi connectivity index (χ0v) is 13.9. The molecule has 1 fully saturated rings. The van der Waals surface area contributed by atoms with Gasteiger partial charge in [-0.25, -0.2) is 13.9 Å². The van der Waals surface area contributed by atoms with Crippen LogP contribution in [-0.4, -0.2) is 63.5 Å². The fourth-order valence-corrected chi connectivity index (χ4v) is 3.00. The molecule has 0 bridgehead atoms. The lowest BCUT2D eigenvalue weighted by Gasteiger charge is -2.32. The molecule has 0 radical (unpaired) electrons. The summed E-state index contributed by atoms with van der Waals surface area (Å²) in [5.74, 6) is -0.774. The number of likely N-dealkylation sites (N-methyl/N-ethyl adjacent to an activating group) is 1. The molecule has 25 heavy (non-hydrogen) atoms. The first-order valence-electron chi connectivity index (χ1n) is 8.20. The third kappa shape index (κ3) is 2.98. The molecule has 0 saturated carbocycles. The molecular formula is C18H18FN5O. The van der Waals surface area contributed by atoms with Gasteiger partial charge in [-0.1, -0.05) is 6.07 Å². The van der Waals surface area contributed by atoms with Gasteiger partial charge in [0.1, 0.15) is 5.82 Å². The Bertz CT molecular complexity index is 930. The molecule has 0 N–H and O–H groups in total. The Morgan fingerprint density at radius 3 is 2.68 bits per heavy atom. The molecule has 128 valence electrons. The second-order valence-electron chi connectivity index (χ2n) is 6.24. The molecule has 4 rings (SSSR count). The maximum Gasteiger partial charge on any atom is 0.256 e. The van der Waals surface area contributed by atoms with Gasteiger partial charge in [0.25, 0.3) is 5.91 Å². The molecule has 1 aromatic carbocycles. The summed E-state index contributed by atoms with van der Waals surface area (Å²) in [6.07, 6.45) is 3.39. The van der Waals surface area contributed by atoms with E-state index in [2.05, 4.69) is 15.0 Å². The standard InChI is InChI=1S/C18H18FN5O/c1-22-8-10-23(11-9-22)18(25)14-3-2-13(12-15(14)19)16-4-5-17-20-6-7-24(17)21-16/h2-7,12H,8-11H2,1H3. The van der Waals surface area contributed by atoms with Crippen LogP contribution >= 0.6 is 0 Å². The van der Waals surface area contributed by atoms with Gasteiger partial charge < -0.3 is 9.80 Å². The van der Waals surface area contributed by atoms with E-state index in [-0.39, 0.29) is 11.5 Å². The van der Waals surface area contributed by atoms with E-state index in [1.807, 2.05) is 13.1 Å². The Labute approximate surface area is 144 Å². The summed E-state index contributed by atoms with van der Waals surface area (Å²) in [4.78, 5) is 20.5. The molecule has 0 atom stereocenters. The zero-order valence-electron chi connectivity index (χ0n) is 13.9. The largest absolute Gasteiger partial charge is 0.336 e. The Morgan fingerprint density at radius 2 is 1.92 bits per heavy atom. The summed E-state index contributed by atoms with van der Waals surface area (Å²) in [5.41, 5.74) is 2.09. The first kappa shape index (κ1) is 15.7. The van der Waals surface area contributed by atoms with E-state index in [9.17, 15) is 9.18 Å². The monoisotopic (exact) mass is 339 g/mol. The van der Waals surface area contributed by atoms with Crippen LogP contribution in [0.3, 0.4) is 0 Å². The summed E-state index contributed by atoms with van der Waals surface area (Å²) in [5, 5.41) is 4.41. The minimum Gasteiger partial charge on any atom is -0.336 e. The number of aromatic nitrogens is 3. The minimum atomic E-state index is -0.519. The van der Waals surface area contributed by atoms with E-state index in [0.717, 1.165) is 18.7 Å². The van der Waals surface area contributed by atoms with Gasteiger partial charge in [0.05, 0.1) is 11.3 Å². The summed E-state index contributed by atoms with van der Waals surface area (Å²) < 4.78 is 16.2. The Kier molecular flexibility index (Phi) is 3.93. The molecule has 1 aliphatic rings. The van der Waals surface area contributed by atoms with Gasteiger partial charge in [-0.15, -0.1) is 0 Å². The average molecular weight is 339 g/mol. The van der Waals surface area contributed by atoms with Crippen molar-refractivity contribution in [2.45, 2.75) is 0 Å². The summed E-state index contributed by atoms with van der Waals surface area (Å²) in [6.45, 7) is 2.85. The number of benzene rings is 1. The van der Waals surface area contributed by atoms with E-state index in [1.54, 1.807) is 40.0 Å². The van der Waals surface area contributed by atoms with Crippen molar-refractivity contribution in [3.8, 4) is 11.3 Å². The number of carbonyl (C=O) groups excluding carboxylic acids is 1. The van der Waals surface area contributed by atoms with E-state index < -0.39 is 5.82 Å². The number of piperazine rings is 1. The molecular weight excluding hydrogens is 321 g/mol. The van der Waals surface area contributed by atoms with Gasteiger partial charge >= 0.3 is 0 Å². The predicted octanol–water partition coefficient (Wildman–Crippen LogP) is 1.92. The second-order valence-corrected chi connectivity index (χ2v) is 6.24. The summed E-state index contributed by atoms with van der Waals surface area (Å²) >= 11 is 0. The lowest BCUT2D eigenvalue weighted by Crippen LogP contribution is -2.47.